The number of carbonyl (C=O) groups excluding carboxylic acids is 1. The molecule has 1 fully saturated rings. The molecule has 0 saturated carbocycles. The standard InChI is InChI=1S/C8H10O2/c1-3-7-6(2)4-5-10-8(7)9/h3H,2,4-5H2,1H3/b7-3-. The predicted octanol–water partition coefficient (Wildman–Crippen LogP) is 1.44. The van der Waals surface area contributed by atoms with Crippen molar-refractivity contribution in [3.05, 3.63) is 23.8 Å². The summed E-state index contributed by atoms with van der Waals surface area (Å²) in [5, 5.41) is 0. The molecule has 0 aromatic carbocycles. The second kappa shape index (κ2) is 2.69. The van der Waals surface area contributed by atoms with Crippen LogP contribution in [0.1, 0.15) is 13.3 Å². The molecule has 1 saturated heterocycles. The Hall–Kier alpha value is -1.05. The first-order valence-corrected chi connectivity index (χ1v) is 3.27. The van der Waals surface area contributed by atoms with Crippen molar-refractivity contribution in [3.8, 4) is 0 Å². The van der Waals surface area contributed by atoms with Crippen LogP contribution in [0.2, 0.25) is 0 Å². The third-order valence-electron chi connectivity index (χ3n) is 1.53. The molecule has 2 heteroatoms. The first-order chi connectivity index (χ1) is 4.75. The van der Waals surface area contributed by atoms with Gasteiger partial charge in [0.05, 0.1) is 12.2 Å². The van der Waals surface area contributed by atoms with E-state index in [9.17, 15) is 4.79 Å². The van der Waals surface area contributed by atoms with Crippen LogP contribution in [0.3, 0.4) is 0 Å². The van der Waals surface area contributed by atoms with Gasteiger partial charge >= 0.3 is 5.97 Å². The number of carbonyl (C=O) groups is 1. The molecule has 0 aromatic rings. The summed E-state index contributed by atoms with van der Waals surface area (Å²) in [6.07, 6.45) is 2.51. The van der Waals surface area contributed by atoms with Gasteiger partial charge in [-0.05, 0) is 12.5 Å². The minimum atomic E-state index is -0.237. The maximum atomic E-state index is 10.9. The zero-order chi connectivity index (χ0) is 7.56. The topological polar surface area (TPSA) is 26.3 Å². The molecule has 1 aliphatic heterocycles. The van der Waals surface area contributed by atoms with Gasteiger partial charge in [0, 0.05) is 6.42 Å². The maximum absolute atomic E-state index is 10.9. The lowest BCUT2D eigenvalue weighted by molar-refractivity contribution is -0.139. The number of ether oxygens (including phenoxy) is 1. The van der Waals surface area contributed by atoms with E-state index in [1.54, 1.807) is 6.08 Å². The summed E-state index contributed by atoms with van der Waals surface area (Å²) in [5.41, 5.74) is 1.52. The fourth-order valence-corrected chi connectivity index (χ4v) is 0.946. The zero-order valence-corrected chi connectivity index (χ0v) is 6.02. The van der Waals surface area contributed by atoms with Gasteiger partial charge in [-0.3, -0.25) is 0 Å². The number of rotatable bonds is 0. The smallest absolute Gasteiger partial charge is 0.338 e. The number of hydrogen-bond donors (Lipinski definition) is 0. The van der Waals surface area contributed by atoms with Crippen molar-refractivity contribution in [1.82, 2.24) is 0 Å². The lowest BCUT2D eigenvalue weighted by Gasteiger charge is -2.15. The van der Waals surface area contributed by atoms with E-state index >= 15 is 0 Å². The van der Waals surface area contributed by atoms with Crippen molar-refractivity contribution in [2.45, 2.75) is 13.3 Å². The van der Waals surface area contributed by atoms with Crippen molar-refractivity contribution < 1.29 is 9.53 Å². The predicted molar refractivity (Wildman–Crippen MR) is 38.5 cm³/mol. The number of hydrogen-bond acceptors (Lipinski definition) is 2. The molecule has 0 amide bonds. The van der Waals surface area contributed by atoms with Gasteiger partial charge in [-0.1, -0.05) is 12.7 Å². The number of esters is 1. The summed E-state index contributed by atoms with van der Waals surface area (Å²) in [4.78, 5) is 10.9. The Kier molecular flexibility index (Phi) is 1.90. The Morgan fingerprint density at radius 2 is 2.40 bits per heavy atom. The van der Waals surface area contributed by atoms with Gasteiger partial charge in [0.25, 0.3) is 0 Å². The fraction of sp³-hybridized carbons (Fsp3) is 0.375. The molecule has 0 unspecified atom stereocenters. The maximum Gasteiger partial charge on any atom is 0.338 e. The first kappa shape index (κ1) is 7.06. The van der Waals surface area contributed by atoms with E-state index in [0.29, 0.717) is 12.2 Å². The monoisotopic (exact) mass is 138 g/mol. The highest BCUT2D eigenvalue weighted by molar-refractivity contribution is 5.93. The molecule has 54 valence electrons. The fourth-order valence-electron chi connectivity index (χ4n) is 0.946. The molecular weight excluding hydrogens is 128 g/mol. The minimum absolute atomic E-state index is 0.237. The number of allylic oxidation sites excluding steroid dienone is 1. The number of cyclic esters (lactones) is 1. The third kappa shape index (κ3) is 1.10. The van der Waals surface area contributed by atoms with Gasteiger partial charge < -0.3 is 4.74 Å². The Morgan fingerprint density at radius 3 is 2.80 bits per heavy atom. The largest absolute Gasteiger partial charge is 0.462 e. The quantitative estimate of drug-likeness (QED) is 0.374. The summed E-state index contributed by atoms with van der Waals surface area (Å²) in [6.45, 7) is 6.04. The molecule has 0 aliphatic carbocycles. The van der Waals surface area contributed by atoms with E-state index in [4.69, 9.17) is 4.74 Å². The molecule has 1 heterocycles. The third-order valence-corrected chi connectivity index (χ3v) is 1.53. The minimum Gasteiger partial charge on any atom is -0.462 e. The molecule has 0 bridgehead atoms. The molecule has 2 nitrogen and oxygen atoms in total. The van der Waals surface area contributed by atoms with Crippen molar-refractivity contribution in [3.63, 3.8) is 0 Å². The van der Waals surface area contributed by atoms with Gasteiger partial charge in [-0.2, -0.15) is 0 Å². The average molecular weight is 138 g/mol. The van der Waals surface area contributed by atoms with E-state index in [1.165, 1.54) is 0 Å². The van der Waals surface area contributed by atoms with Gasteiger partial charge in [-0.25, -0.2) is 4.79 Å². The molecule has 1 rings (SSSR count). The molecule has 0 aromatic heterocycles. The second-order valence-corrected chi connectivity index (χ2v) is 2.19. The molecule has 1 aliphatic rings. The molecule has 0 spiro atoms. The normalized spacial score (nSPS) is 23.1. The summed E-state index contributed by atoms with van der Waals surface area (Å²) < 4.78 is 4.78. The van der Waals surface area contributed by atoms with Crippen LogP contribution in [-0.4, -0.2) is 12.6 Å². The van der Waals surface area contributed by atoms with E-state index in [0.717, 1.165) is 12.0 Å². The van der Waals surface area contributed by atoms with Crippen LogP contribution in [0.5, 0.6) is 0 Å². The molecule has 0 N–H and O–H groups in total. The van der Waals surface area contributed by atoms with Gasteiger partial charge in [-0.15, -0.1) is 0 Å². The summed E-state index contributed by atoms with van der Waals surface area (Å²) in [6, 6.07) is 0. The van der Waals surface area contributed by atoms with Crippen LogP contribution >= 0.6 is 0 Å². The highest BCUT2D eigenvalue weighted by atomic mass is 16.5. The van der Waals surface area contributed by atoms with Crippen molar-refractivity contribution in [1.29, 1.82) is 0 Å². The van der Waals surface area contributed by atoms with Crippen molar-refractivity contribution in [2.24, 2.45) is 0 Å². The highest BCUT2D eigenvalue weighted by Gasteiger charge is 2.18. The van der Waals surface area contributed by atoms with Crippen molar-refractivity contribution in [2.75, 3.05) is 6.61 Å². The van der Waals surface area contributed by atoms with E-state index in [-0.39, 0.29) is 5.97 Å². The molecule has 0 atom stereocenters. The van der Waals surface area contributed by atoms with E-state index < -0.39 is 0 Å². The Labute approximate surface area is 60.2 Å². The van der Waals surface area contributed by atoms with Crippen molar-refractivity contribution >= 4 is 5.97 Å². The van der Waals surface area contributed by atoms with Crippen LogP contribution in [-0.2, 0) is 9.53 Å². The van der Waals surface area contributed by atoms with Crippen LogP contribution in [0.4, 0.5) is 0 Å². The van der Waals surface area contributed by atoms with Gasteiger partial charge in [0.2, 0.25) is 0 Å². The second-order valence-electron chi connectivity index (χ2n) is 2.19. The Balaban J connectivity index is 2.83. The molecule has 0 radical (unpaired) electrons. The average Bonchev–Trinajstić information content (AvgIpc) is 1.88. The SMILES string of the molecule is C=C1CCOC(=O)/C1=C\C. The first-order valence-electron chi connectivity index (χ1n) is 3.27. The molecular formula is C8H10O2. The molecule has 10 heavy (non-hydrogen) atoms. The van der Waals surface area contributed by atoms with E-state index in [2.05, 4.69) is 6.58 Å². The zero-order valence-electron chi connectivity index (χ0n) is 6.02. The van der Waals surface area contributed by atoms with Crippen LogP contribution in [0.15, 0.2) is 23.8 Å². The summed E-state index contributed by atoms with van der Waals surface area (Å²) >= 11 is 0. The van der Waals surface area contributed by atoms with Gasteiger partial charge in [0.15, 0.2) is 0 Å². The van der Waals surface area contributed by atoms with Crippen LogP contribution in [0.25, 0.3) is 0 Å². The summed E-state index contributed by atoms with van der Waals surface area (Å²) in [7, 11) is 0. The highest BCUT2D eigenvalue weighted by Crippen LogP contribution is 2.18. The lowest BCUT2D eigenvalue weighted by Crippen LogP contribution is -2.17. The van der Waals surface area contributed by atoms with Crippen LogP contribution in [0, 0.1) is 0 Å². The summed E-state index contributed by atoms with van der Waals surface area (Å²) in [5.74, 6) is -0.237. The lowest BCUT2D eigenvalue weighted by atomic mass is 10.0. The Bertz CT molecular complexity index is 183. The Morgan fingerprint density at radius 1 is 1.70 bits per heavy atom. The van der Waals surface area contributed by atoms with Crippen LogP contribution < -0.4 is 0 Å². The van der Waals surface area contributed by atoms with Gasteiger partial charge in [0.1, 0.15) is 0 Å². The van der Waals surface area contributed by atoms with E-state index in [1.807, 2.05) is 6.92 Å².